The summed E-state index contributed by atoms with van der Waals surface area (Å²) < 4.78 is 7.79. The summed E-state index contributed by atoms with van der Waals surface area (Å²) >= 11 is 0. The minimum atomic E-state index is -0.973. The number of hydrogen-bond acceptors (Lipinski definition) is 3. The molecule has 27 heavy (non-hydrogen) atoms. The predicted molar refractivity (Wildman–Crippen MR) is 104 cm³/mol. The monoisotopic (exact) mass is 430 g/mol. The lowest BCUT2D eigenvalue weighted by atomic mass is 9.97. The predicted octanol–water partition coefficient (Wildman–Crippen LogP) is 0.658. The molecule has 2 aliphatic heterocycles. The molecule has 0 saturated carbocycles. The van der Waals surface area contributed by atoms with E-state index in [1.165, 1.54) is 12.3 Å². The Morgan fingerprint density at radius 1 is 1.11 bits per heavy atom. The molecule has 4 nitrogen and oxygen atoms in total. The Morgan fingerprint density at radius 2 is 1.85 bits per heavy atom. The zero-order valence-electron chi connectivity index (χ0n) is 16.0. The first-order chi connectivity index (χ1) is 12.6. The summed E-state index contributed by atoms with van der Waals surface area (Å²) in [4.78, 5) is 2.28. The van der Waals surface area contributed by atoms with Crippen molar-refractivity contribution in [3.05, 3.63) is 59.7 Å². The van der Waals surface area contributed by atoms with Crippen LogP contribution >= 0.6 is 0 Å². The van der Waals surface area contributed by atoms with Crippen molar-refractivity contribution in [1.29, 1.82) is 0 Å². The molecule has 5 heteroatoms. The minimum Gasteiger partial charge on any atom is -1.00 e. The molecule has 2 aromatic rings. The van der Waals surface area contributed by atoms with Gasteiger partial charge >= 0.3 is 0 Å². The molecule has 1 N–H and O–H groups in total. The van der Waals surface area contributed by atoms with Crippen LogP contribution in [0.2, 0.25) is 0 Å². The zero-order valence-corrected chi connectivity index (χ0v) is 17.6. The van der Waals surface area contributed by atoms with Gasteiger partial charge < -0.3 is 26.8 Å². The molecule has 2 heterocycles. The molecular formula is C22H27BrN2O2. The number of halogens is 1. The number of nitrogens with zero attached hydrogens (tertiary/aromatic N) is 2. The molecule has 0 amide bonds. The highest BCUT2D eigenvalue weighted by atomic mass is 79.9. The Morgan fingerprint density at radius 3 is 2.56 bits per heavy atom. The van der Waals surface area contributed by atoms with Gasteiger partial charge in [0.2, 0.25) is 0 Å². The number of hydrogen-bond donors (Lipinski definition) is 1. The molecule has 0 fully saturated rings. The molecule has 2 aromatic carbocycles. The summed E-state index contributed by atoms with van der Waals surface area (Å²) in [6, 6.07) is 16.4. The smallest absolute Gasteiger partial charge is 0.271 e. The lowest BCUT2D eigenvalue weighted by Gasteiger charge is -2.26. The van der Waals surface area contributed by atoms with Crippen molar-refractivity contribution in [3.63, 3.8) is 0 Å². The van der Waals surface area contributed by atoms with Crippen LogP contribution in [0.15, 0.2) is 48.5 Å². The maximum atomic E-state index is 11.7. The Bertz CT molecular complexity index is 834. The van der Waals surface area contributed by atoms with Crippen LogP contribution in [-0.2, 0) is 5.72 Å². The highest BCUT2D eigenvalue weighted by Crippen LogP contribution is 2.37. The van der Waals surface area contributed by atoms with Crippen LogP contribution in [0.4, 0.5) is 5.69 Å². The van der Waals surface area contributed by atoms with Gasteiger partial charge in [-0.25, -0.2) is 9.48 Å². The van der Waals surface area contributed by atoms with Gasteiger partial charge in [-0.3, -0.25) is 0 Å². The second-order valence-corrected chi connectivity index (χ2v) is 7.17. The van der Waals surface area contributed by atoms with Gasteiger partial charge in [-0.1, -0.05) is 24.3 Å². The molecule has 0 radical (unpaired) electrons. The Hall–Kier alpha value is -1.85. The van der Waals surface area contributed by atoms with E-state index in [2.05, 4.69) is 40.7 Å². The molecule has 0 saturated heterocycles. The highest BCUT2D eigenvalue weighted by molar-refractivity contribution is 5.96. The minimum absolute atomic E-state index is 0. The standard InChI is InChI=1S/C22H27N2O2.BrH/c1-3-26-19-13-11-18(12-14-19)23-16-22(25,20-9-5-4-8-17(20)2)24-15-7-6-10-21(23)24;/h4-5,8-9,11-14,25H,3,6-7,10,15-16H2,1-2H3;1H/q+1;/p-1. The third kappa shape index (κ3) is 3.50. The number of amidine groups is 1. The van der Waals surface area contributed by atoms with Gasteiger partial charge in [0.1, 0.15) is 11.4 Å². The number of β-amino-alcohol motifs (C(OH)–C–C–N with tert-alkyl or cyclic N) is 1. The zero-order chi connectivity index (χ0) is 18.1. The maximum Gasteiger partial charge on any atom is 0.271 e. The number of benzene rings is 2. The van der Waals surface area contributed by atoms with Crippen molar-refractivity contribution in [1.82, 2.24) is 0 Å². The third-order valence-corrected chi connectivity index (χ3v) is 5.52. The summed E-state index contributed by atoms with van der Waals surface area (Å²) in [6.45, 7) is 6.19. The van der Waals surface area contributed by atoms with E-state index in [0.717, 1.165) is 42.0 Å². The van der Waals surface area contributed by atoms with Crippen LogP contribution in [0.25, 0.3) is 0 Å². The molecule has 144 valence electrons. The van der Waals surface area contributed by atoms with Crippen LogP contribution in [0.1, 0.15) is 37.3 Å². The maximum absolute atomic E-state index is 11.7. The summed E-state index contributed by atoms with van der Waals surface area (Å²) in [5.74, 6) is 2.11. The van der Waals surface area contributed by atoms with Gasteiger partial charge in [0.15, 0.2) is 6.54 Å². The van der Waals surface area contributed by atoms with Gasteiger partial charge in [0, 0.05) is 12.0 Å². The van der Waals surface area contributed by atoms with E-state index in [1.54, 1.807) is 0 Å². The lowest BCUT2D eigenvalue weighted by Crippen LogP contribution is -3.00. The van der Waals surface area contributed by atoms with Crippen molar-refractivity contribution >= 4 is 11.5 Å². The van der Waals surface area contributed by atoms with Crippen LogP contribution in [-0.4, -0.2) is 35.2 Å². The fourth-order valence-corrected chi connectivity index (χ4v) is 4.28. The number of ether oxygens (including phenoxy) is 1. The number of rotatable bonds is 4. The lowest BCUT2D eigenvalue weighted by molar-refractivity contribution is -0.661. The van der Waals surface area contributed by atoms with E-state index < -0.39 is 5.72 Å². The molecule has 2 aliphatic rings. The highest BCUT2D eigenvalue weighted by Gasteiger charge is 2.52. The van der Waals surface area contributed by atoms with Gasteiger partial charge in [-0.2, -0.15) is 0 Å². The Kier molecular flexibility index (Phi) is 5.92. The topological polar surface area (TPSA) is 35.7 Å². The summed E-state index contributed by atoms with van der Waals surface area (Å²) in [6.07, 6.45) is 3.29. The quantitative estimate of drug-likeness (QED) is 0.723. The summed E-state index contributed by atoms with van der Waals surface area (Å²) in [5.41, 5.74) is 2.28. The number of aliphatic hydroxyl groups is 1. The summed E-state index contributed by atoms with van der Waals surface area (Å²) in [5, 5.41) is 11.7. The van der Waals surface area contributed by atoms with Gasteiger partial charge in [-0.05, 0) is 56.5 Å². The first-order valence-electron chi connectivity index (χ1n) is 9.56. The second kappa shape index (κ2) is 8.03. The van der Waals surface area contributed by atoms with E-state index >= 15 is 0 Å². The van der Waals surface area contributed by atoms with E-state index in [1.807, 2.05) is 31.2 Å². The van der Waals surface area contributed by atoms with E-state index in [9.17, 15) is 5.11 Å². The molecular weight excluding hydrogens is 404 g/mol. The average molecular weight is 431 g/mol. The van der Waals surface area contributed by atoms with Crippen LogP contribution in [0, 0.1) is 6.92 Å². The fourth-order valence-electron chi connectivity index (χ4n) is 4.28. The summed E-state index contributed by atoms with van der Waals surface area (Å²) in [7, 11) is 0. The third-order valence-electron chi connectivity index (χ3n) is 5.52. The van der Waals surface area contributed by atoms with E-state index in [0.29, 0.717) is 13.2 Å². The molecule has 0 aliphatic carbocycles. The molecule has 0 bridgehead atoms. The number of anilines is 1. The van der Waals surface area contributed by atoms with Crippen molar-refractivity contribution < 1.29 is 31.4 Å². The van der Waals surface area contributed by atoms with Gasteiger partial charge in [-0.15, -0.1) is 0 Å². The Balaban J connectivity index is 0.00000210. The van der Waals surface area contributed by atoms with Crippen molar-refractivity contribution in [3.8, 4) is 5.75 Å². The molecule has 1 atom stereocenters. The van der Waals surface area contributed by atoms with E-state index in [4.69, 9.17) is 4.74 Å². The molecule has 0 aromatic heterocycles. The Labute approximate surface area is 171 Å². The SMILES string of the molecule is CCOc1ccc(N2CC(O)(c3ccccc3C)[N+]3=C2CCCC3)cc1.[Br-]. The van der Waals surface area contributed by atoms with Crippen LogP contribution in [0.5, 0.6) is 5.75 Å². The van der Waals surface area contributed by atoms with Crippen LogP contribution in [0.3, 0.4) is 0 Å². The van der Waals surface area contributed by atoms with Crippen molar-refractivity contribution in [2.75, 3.05) is 24.6 Å². The van der Waals surface area contributed by atoms with Gasteiger partial charge in [0.25, 0.3) is 11.6 Å². The first kappa shape index (κ1) is 19.9. The normalized spacial score (nSPS) is 21.7. The largest absolute Gasteiger partial charge is 1.00 e. The van der Waals surface area contributed by atoms with E-state index in [-0.39, 0.29) is 17.0 Å². The number of aryl methyl sites for hydroxylation is 1. The van der Waals surface area contributed by atoms with Crippen molar-refractivity contribution in [2.45, 2.75) is 38.8 Å². The average Bonchev–Trinajstić information content (AvgIpc) is 2.97. The van der Waals surface area contributed by atoms with Crippen LogP contribution < -0.4 is 26.6 Å². The fraction of sp³-hybridized carbons (Fsp3) is 0.409. The van der Waals surface area contributed by atoms with Gasteiger partial charge in [0.05, 0.1) is 13.2 Å². The van der Waals surface area contributed by atoms with Crippen molar-refractivity contribution in [2.24, 2.45) is 0 Å². The molecule has 1 unspecified atom stereocenters. The first-order valence-corrected chi connectivity index (χ1v) is 9.56. The molecule has 0 spiro atoms. The second-order valence-electron chi connectivity index (χ2n) is 7.17. The molecule has 4 rings (SSSR count).